The van der Waals surface area contributed by atoms with Gasteiger partial charge in [0.2, 0.25) is 6.54 Å². The summed E-state index contributed by atoms with van der Waals surface area (Å²) in [5, 5.41) is 0. The number of carbonyl (C=O) groups is 2. The standard InChI is InChI=1S/C17H23NO2S.C14H22O4/c1-15-7-9-16(10-8-15)21(19,20)17(11-3-4-12-17)13-5-6-14-18-2;1-3-17-11(15)13(7-5-8-13)14(9-6-10-14)12(16)18-4-2/h7-10H,3-6,11-14H2,1H3;3-10H2,1-2H3. The van der Waals surface area contributed by atoms with E-state index in [1.807, 2.05) is 32.9 Å². The van der Waals surface area contributed by atoms with Gasteiger partial charge in [-0.1, -0.05) is 43.4 Å². The van der Waals surface area contributed by atoms with Gasteiger partial charge in [0.15, 0.2) is 9.84 Å². The van der Waals surface area contributed by atoms with Crippen LogP contribution in [-0.4, -0.2) is 44.9 Å². The number of aryl methyl sites for hydroxylation is 1. The molecule has 0 N–H and O–H groups in total. The summed E-state index contributed by atoms with van der Waals surface area (Å²) in [6.07, 6.45) is 10.9. The SMILES string of the molecule is CCOC(=O)C1(C2(C(=O)OCC)CCC2)CCC1.[C-]#[N+]CCCCC1(S(=O)(=O)c2ccc(C)cc2)CCCC1. The number of nitrogens with zero attached hydrogens (tertiary/aromatic N) is 1. The van der Waals surface area contributed by atoms with Crippen molar-refractivity contribution in [2.45, 2.75) is 114 Å². The summed E-state index contributed by atoms with van der Waals surface area (Å²) in [4.78, 5) is 28.3. The van der Waals surface area contributed by atoms with Crippen LogP contribution in [-0.2, 0) is 28.9 Å². The molecular formula is C31H45NO6S. The Morgan fingerprint density at radius 3 is 1.69 bits per heavy atom. The van der Waals surface area contributed by atoms with Gasteiger partial charge in [-0.15, -0.1) is 0 Å². The van der Waals surface area contributed by atoms with Crippen LogP contribution in [0, 0.1) is 24.3 Å². The number of benzene rings is 1. The van der Waals surface area contributed by atoms with Gasteiger partial charge in [0, 0.05) is 6.42 Å². The molecule has 7 nitrogen and oxygen atoms in total. The maximum Gasteiger partial charge on any atom is 0.313 e. The number of ether oxygens (including phenoxy) is 2. The van der Waals surface area contributed by atoms with Crippen molar-refractivity contribution in [3.05, 3.63) is 41.2 Å². The largest absolute Gasteiger partial charge is 0.466 e. The van der Waals surface area contributed by atoms with Crippen LogP contribution in [0.15, 0.2) is 29.2 Å². The molecule has 0 radical (unpaired) electrons. The first-order valence-corrected chi connectivity index (χ1v) is 16.1. The number of carbonyl (C=O) groups excluding carboxylic acids is 2. The van der Waals surface area contributed by atoms with Crippen molar-refractivity contribution in [3.8, 4) is 0 Å². The molecular weight excluding hydrogens is 514 g/mol. The van der Waals surface area contributed by atoms with Crippen LogP contribution in [0.1, 0.15) is 103 Å². The van der Waals surface area contributed by atoms with Gasteiger partial charge in [0.25, 0.3) is 0 Å². The summed E-state index contributed by atoms with van der Waals surface area (Å²) >= 11 is 0. The van der Waals surface area contributed by atoms with Gasteiger partial charge >= 0.3 is 11.9 Å². The van der Waals surface area contributed by atoms with Crippen molar-refractivity contribution in [2.24, 2.45) is 10.8 Å². The van der Waals surface area contributed by atoms with Crippen LogP contribution < -0.4 is 0 Å². The molecule has 0 spiro atoms. The van der Waals surface area contributed by atoms with Gasteiger partial charge in [-0.2, -0.15) is 0 Å². The topological polar surface area (TPSA) is 91.1 Å². The van der Waals surface area contributed by atoms with Crippen LogP contribution in [0.2, 0.25) is 0 Å². The van der Waals surface area contributed by atoms with E-state index in [1.165, 1.54) is 0 Å². The summed E-state index contributed by atoms with van der Waals surface area (Å²) in [6, 6.07) is 7.22. The zero-order chi connectivity index (χ0) is 28.6. The number of hydrogen-bond donors (Lipinski definition) is 0. The summed E-state index contributed by atoms with van der Waals surface area (Å²) in [7, 11) is -3.28. The molecule has 0 atom stereocenters. The smallest absolute Gasteiger partial charge is 0.313 e. The maximum atomic E-state index is 13.1. The van der Waals surface area contributed by atoms with Crippen LogP contribution in [0.4, 0.5) is 0 Å². The fourth-order valence-electron chi connectivity index (χ4n) is 6.63. The summed E-state index contributed by atoms with van der Waals surface area (Å²) in [6.45, 7) is 13.7. The molecule has 0 bridgehead atoms. The highest BCUT2D eigenvalue weighted by Crippen LogP contribution is 2.64. The first kappa shape index (κ1) is 31.1. The lowest BCUT2D eigenvalue weighted by Crippen LogP contribution is -2.60. The average Bonchev–Trinajstić information content (AvgIpc) is 3.34. The minimum atomic E-state index is -3.28. The quantitative estimate of drug-likeness (QED) is 0.172. The molecule has 3 aliphatic rings. The van der Waals surface area contributed by atoms with Crippen molar-refractivity contribution in [1.29, 1.82) is 0 Å². The number of esters is 2. The molecule has 1 aromatic carbocycles. The highest BCUT2D eigenvalue weighted by Gasteiger charge is 2.67. The molecule has 0 aromatic heterocycles. The Morgan fingerprint density at radius 1 is 0.821 bits per heavy atom. The molecule has 8 heteroatoms. The van der Waals surface area contributed by atoms with Crippen LogP contribution in [0.3, 0.4) is 0 Å². The summed E-state index contributed by atoms with van der Waals surface area (Å²) in [5.41, 5.74) is -0.104. The van der Waals surface area contributed by atoms with Gasteiger partial charge < -0.3 is 14.3 Å². The second-order valence-corrected chi connectivity index (χ2v) is 13.7. The summed E-state index contributed by atoms with van der Waals surface area (Å²) < 4.78 is 36.0. The van der Waals surface area contributed by atoms with Crippen molar-refractivity contribution < 1.29 is 27.5 Å². The summed E-state index contributed by atoms with van der Waals surface area (Å²) in [5.74, 6) is -0.381. The van der Waals surface area contributed by atoms with Crippen molar-refractivity contribution in [3.63, 3.8) is 0 Å². The lowest BCUT2D eigenvalue weighted by Gasteiger charge is -2.56. The molecule has 1 aromatic rings. The monoisotopic (exact) mass is 559 g/mol. The predicted molar refractivity (Wildman–Crippen MR) is 151 cm³/mol. The molecule has 0 unspecified atom stereocenters. The molecule has 39 heavy (non-hydrogen) atoms. The van der Waals surface area contributed by atoms with Gasteiger partial charge in [-0.05, 0) is 84.3 Å². The molecule has 3 aliphatic carbocycles. The highest BCUT2D eigenvalue weighted by atomic mass is 32.2. The van der Waals surface area contributed by atoms with E-state index in [-0.39, 0.29) is 11.9 Å². The van der Waals surface area contributed by atoms with E-state index in [4.69, 9.17) is 16.0 Å². The Balaban J connectivity index is 0.000000218. The Kier molecular flexibility index (Phi) is 10.6. The second kappa shape index (κ2) is 13.3. The number of unbranched alkanes of at least 4 members (excludes halogenated alkanes) is 1. The van der Waals surface area contributed by atoms with Crippen LogP contribution in [0.5, 0.6) is 0 Å². The molecule has 216 valence electrons. The Hall–Kier alpha value is -2.40. The molecule has 0 heterocycles. The maximum absolute atomic E-state index is 13.1. The molecule has 3 saturated carbocycles. The van der Waals surface area contributed by atoms with Crippen molar-refractivity contribution in [2.75, 3.05) is 19.8 Å². The molecule has 3 fully saturated rings. The minimum absolute atomic E-state index is 0.191. The van der Waals surface area contributed by atoms with E-state index in [0.29, 0.717) is 31.1 Å². The zero-order valence-corrected chi connectivity index (χ0v) is 24.7. The van der Waals surface area contributed by atoms with Gasteiger partial charge in [-0.25, -0.2) is 15.0 Å². The van der Waals surface area contributed by atoms with Gasteiger partial charge in [-0.3, -0.25) is 9.59 Å². The van der Waals surface area contributed by atoms with Crippen molar-refractivity contribution >= 4 is 21.8 Å². The minimum Gasteiger partial charge on any atom is -0.466 e. The first-order chi connectivity index (χ1) is 18.6. The zero-order valence-electron chi connectivity index (χ0n) is 23.9. The fraction of sp³-hybridized carbons (Fsp3) is 0.710. The lowest BCUT2D eigenvalue weighted by molar-refractivity contribution is -0.202. The third-order valence-corrected chi connectivity index (χ3v) is 11.9. The molecule has 0 saturated heterocycles. The third-order valence-electron chi connectivity index (χ3n) is 9.23. The molecule has 0 aliphatic heterocycles. The number of hydrogen-bond acceptors (Lipinski definition) is 6. The Morgan fingerprint density at radius 2 is 1.31 bits per heavy atom. The Labute approximate surface area is 234 Å². The normalized spacial score (nSPS) is 20.3. The van der Waals surface area contributed by atoms with Crippen molar-refractivity contribution in [1.82, 2.24) is 0 Å². The second-order valence-electron chi connectivity index (χ2n) is 11.4. The highest BCUT2D eigenvalue weighted by molar-refractivity contribution is 7.92. The van der Waals surface area contributed by atoms with Gasteiger partial charge in [0.1, 0.15) is 0 Å². The number of sulfone groups is 1. The molecule has 4 rings (SSSR count). The van der Waals surface area contributed by atoms with E-state index in [1.54, 1.807) is 12.1 Å². The first-order valence-electron chi connectivity index (χ1n) is 14.6. The van der Waals surface area contributed by atoms with E-state index in [9.17, 15) is 18.0 Å². The van der Waals surface area contributed by atoms with E-state index in [0.717, 1.165) is 82.6 Å². The fourth-order valence-corrected chi connectivity index (χ4v) is 8.87. The van der Waals surface area contributed by atoms with E-state index >= 15 is 0 Å². The third kappa shape index (κ3) is 6.04. The predicted octanol–water partition coefficient (Wildman–Crippen LogP) is 6.62. The number of rotatable bonds is 11. The Bertz CT molecular complexity index is 1090. The lowest BCUT2D eigenvalue weighted by atomic mass is 9.45. The van der Waals surface area contributed by atoms with Gasteiger partial charge in [0.05, 0.1) is 33.7 Å². The average molecular weight is 560 g/mol. The van der Waals surface area contributed by atoms with Crippen LogP contribution >= 0.6 is 0 Å². The van der Waals surface area contributed by atoms with E-state index < -0.39 is 25.4 Å². The van der Waals surface area contributed by atoms with E-state index in [2.05, 4.69) is 4.85 Å². The molecule has 0 amide bonds. The van der Waals surface area contributed by atoms with Crippen LogP contribution in [0.25, 0.3) is 4.85 Å².